The van der Waals surface area contributed by atoms with Gasteiger partial charge in [0.05, 0.1) is 0 Å². The molecule has 1 fully saturated rings. The van der Waals surface area contributed by atoms with E-state index in [0.717, 1.165) is 38.6 Å². The molecule has 0 saturated heterocycles. The molecular weight excluding hydrogens is 212 g/mol. The molecule has 0 aromatic carbocycles. The summed E-state index contributed by atoms with van der Waals surface area (Å²) in [5.41, 5.74) is 6.07. The fourth-order valence-electron chi connectivity index (χ4n) is 2.62. The molecule has 0 unspecified atom stereocenters. The molecule has 1 saturated carbocycles. The molecule has 1 rings (SSSR count). The smallest absolute Gasteiger partial charge is 0.223 e. The van der Waals surface area contributed by atoms with E-state index < -0.39 is 0 Å². The summed E-state index contributed by atoms with van der Waals surface area (Å²) in [5.74, 6) is 0.438. The normalized spacial score (nSPS) is 25.6. The summed E-state index contributed by atoms with van der Waals surface area (Å²) in [7, 11) is 0. The molecule has 3 N–H and O–H groups in total. The predicted octanol–water partition coefficient (Wildman–Crippen LogP) is 2.45. The van der Waals surface area contributed by atoms with Gasteiger partial charge < -0.3 is 11.1 Å². The lowest BCUT2D eigenvalue weighted by Gasteiger charge is -2.28. The van der Waals surface area contributed by atoms with Crippen LogP contribution in [-0.4, -0.2) is 18.5 Å². The Morgan fingerprint density at radius 1 is 1.29 bits per heavy atom. The fraction of sp³-hybridized carbons (Fsp3) is 0.929. The van der Waals surface area contributed by atoms with Crippen LogP contribution in [0.15, 0.2) is 0 Å². The van der Waals surface area contributed by atoms with E-state index in [1.165, 1.54) is 6.42 Å². The maximum atomic E-state index is 12.0. The van der Waals surface area contributed by atoms with Crippen molar-refractivity contribution in [2.75, 3.05) is 6.54 Å². The monoisotopic (exact) mass is 240 g/mol. The first-order chi connectivity index (χ1) is 7.94. The van der Waals surface area contributed by atoms with E-state index in [-0.39, 0.29) is 17.2 Å². The summed E-state index contributed by atoms with van der Waals surface area (Å²) in [6.45, 7) is 7.41. The van der Waals surface area contributed by atoms with Crippen LogP contribution in [0.25, 0.3) is 0 Å². The molecule has 17 heavy (non-hydrogen) atoms. The topological polar surface area (TPSA) is 55.1 Å². The highest BCUT2D eigenvalue weighted by molar-refractivity contribution is 5.78. The summed E-state index contributed by atoms with van der Waals surface area (Å²) in [4.78, 5) is 12.0. The Bertz CT molecular complexity index is 243. The number of rotatable bonds is 5. The number of nitrogens with two attached hydrogens (primary N) is 1. The van der Waals surface area contributed by atoms with Crippen LogP contribution in [0.3, 0.4) is 0 Å². The second-order valence-corrected chi connectivity index (χ2v) is 6.24. The zero-order valence-electron chi connectivity index (χ0n) is 11.6. The van der Waals surface area contributed by atoms with Crippen LogP contribution in [0, 0.1) is 11.3 Å². The number of hydrogen-bond acceptors (Lipinski definition) is 2. The van der Waals surface area contributed by atoms with Crippen LogP contribution in [-0.2, 0) is 4.79 Å². The first kappa shape index (κ1) is 14.5. The zero-order valence-corrected chi connectivity index (χ0v) is 11.6. The SMILES string of the molecule is CCCC(C)(C)CNC(=O)C1CCC(N)CC1. The molecular formula is C14H28N2O. The van der Waals surface area contributed by atoms with Crippen molar-refractivity contribution in [1.29, 1.82) is 0 Å². The van der Waals surface area contributed by atoms with Gasteiger partial charge in [-0.2, -0.15) is 0 Å². The average molecular weight is 240 g/mol. The molecule has 1 amide bonds. The Morgan fingerprint density at radius 2 is 1.88 bits per heavy atom. The van der Waals surface area contributed by atoms with Crippen LogP contribution >= 0.6 is 0 Å². The molecule has 0 aromatic rings. The lowest BCUT2D eigenvalue weighted by molar-refractivity contribution is -0.126. The van der Waals surface area contributed by atoms with Crippen LogP contribution in [0.5, 0.6) is 0 Å². The zero-order chi connectivity index (χ0) is 12.9. The van der Waals surface area contributed by atoms with Crippen LogP contribution in [0.4, 0.5) is 0 Å². The minimum absolute atomic E-state index is 0.201. The Balaban J connectivity index is 2.29. The highest BCUT2D eigenvalue weighted by atomic mass is 16.1. The number of hydrogen-bond donors (Lipinski definition) is 2. The average Bonchev–Trinajstić information content (AvgIpc) is 2.27. The van der Waals surface area contributed by atoms with E-state index in [1.807, 2.05) is 0 Å². The second-order valence-electron chi connectivity index (χ2n) is 6.24. The number of nitrogens with one attached hydrogen (secondary N) is 1. The third kappa shape index (κ3) is 5.07. The second kappa shape index (κ2) is 6.39. The van der Waals surface area contributed by atoms with Crippen molar-refractivity contribution in [3.8, 4) is 0 Å². The van der Waals surface area contributed by atoms with E-state index in [0.29, 0.717) is 6.04 Å². The molecule has 0 atom stereocenters. The van der Waals surface area contributed by atoms with Crippen molar-refractivity contribution in [2.45, 2.75) is 65.3 Å². The largest absolute Gasteiger partial charge is 0.355 e. The summed E-state index contributed by atoms with van der Waals surface area (Å²) in [6, 6.07) is 0.315. The lowest BCUT2D eigenvalue weighted by atomic mass is 9.85. The standard InChI is InChI=1S/C14H28N2O/c1-4-9-14(2,3)10-16-13(17)11-5-7-12(15)8-6-11/h11-12H,4-10,15H2,1-3H3,(H,16,17). The van der Waals surface area contributed by atoms with Gasteiger partial charge in [0.1, 0.15) is 0 Å². The van der Waals surface area contributed by atoms with Crippen LogP contribution in [0.1, 0.15) is 59.3 Å². The van der Waals surface area contributed by atoms with E-state index in [4.69, 9.17) is 5.73 Å². The van der Waals surface area contributed by atoms with Gasteiger partial charge >= 0.3 is 0 Å². The number of amides is 1. The quantitative estimate of drug-likeness (QED) is 0.775. The first-order valence-corrected chi connectivity index (χ1v) is 6.98. The number of carbonyl (C=O) groups excluding carboxylic acids is 1. The molecule has 1 aliphatic rings. The van der Waals surface area contributed by atoms with Gasteiger partial charge in [0, 0.05) is 18.5 Å². The summed E-state index contributed by atoms with van der Waals surface area (Å²) < 4.78 is 0. The van der Waals surface area contributed by atoms with E-state index in [2.05, 4.69) is 26.1 Å². The van der Waals surface area contributed by atoms with E-state index in [1.54, 1.807) is 0 Å². The van der Waals surface area contributed by atoms with Gasteiger partial charge in [-0.15, -0.1) is 0 Å². The maximum Gasteiger partial charge on any atom is 0.223 e. The third-order valence-electron chi connectivity index (χ3n) is 3.81. The van der Waals surface area contributed by atoms with Gasteiger partial charge in [0.15, 0.2) is 0 Å². The van der Waals surface area contributed by atoms with Crippen molar-refractivity contribution in [3.63, 3.8) is 0 Å². The van der Waals surface area contributed by atoms with Crippen molar-refractivity contribution in [2.24, 2.45) is 17.1 Å². The molecule has 0 aromatic heterocycles. The minimum atomic E-state index is 0.201. The van der Waals surface area contributed by atoms with E-state index in [9.17, 15) is 4.79 Å². The highest BCUT2D eigenvalue weighted by Crippen LogP contribution is 2.24. The minimum Gasteiger partial charge on any atom is -0.355 e. The molecule has 3 heteroatoms. The lowest BCUT2D eigenvalue weighted by Crippen LogP contribution is -2.40. The van der Waals surface area contributed by atoms with Crippen molar-refractivity contribution >= 4 is 5.91 Å². The van der Waals surface area contributed by atoms with Gasteiger partial charge in [0.2, 0.25) is 5.91 Å². The van der Waals surface area contributed by atoms with Gasteiger partial charge in [-0.1, -0.05) is 27.2 Å². The fourth-order valence-corrected chi connectivity index (χ4v) is 2.62. The van der Waals surface area contributed by atoms with Crippen LogP contribution < -0.4 is 11.1 Å². The molecule has 0 radical (unpaired) electrons. The first-order valence-electron chi connectivity index (χ1n) is 6.98. The highest BCUT2D eigenvalue weighted by Gasteiger charge is 2.26. The molecule has 100 valence electrons. The molecule has 0 aliphatic heterocycles. The van der Waals surface area contributed by atoms with Crippen molar-refractivity contribution in [3.05, 3.63) is 0 Å². The Kier molecular flexibility index (Phi) is 5.44. The summed E-state index contributed by atoms with van der Waals surface area (Å²) in [5, 5.41) is 3.11. The Hall–Kier alpha value is -0.570. The Morgan fingerprint density at radius 3 is 2.41 bits per heavy atom. The van der Waals surface area contributed by atoms with Crippen molar-refractivity contribution < 1.29 is 4.79 Å². The maximum absolute atomic E-state index is 12.0. The molecule has 1 aliphatic carbocycles. The molecule has 3 nitrogen and oxygen atoms in total. The molecule has 0 heterocycles. The van der Waals surface area contributed by atoms with Crippen LogP contribution in [0.2, 0.25) is 0 Å². The summed E-state index contributed by atoms with van der Waals surface area (Å²) in [6.07, 6.45) is 6.24. The molecule has 0 bridgehead atoms. The van der Waals surface area contributed by atoms with Gasteiger partial charge in [-0.05, 0) is 37.5 Å². The third-order valence-corrected chi connectivity index (χ3v) is 3.81. The summed E-state index contributed by atoms with van der Waals surface area (Å²) >= 11 is 0. The van der Waals surface area contributed by atoms with Gasteiger partial charge in [-0.3, -0.25) is 4.79 Å². The Labute approximate surface area is 106 Å². The van der Waals surface area contributed by atoms with Gasteiger partial charge in [0.25, 0.3) is 0 Å². The van der Waals surface area contributed by atoms with Crippen molar-refractivity contribution in [1.82, 2.24) is 5.32 Å². The molecule has 0 spiro atoms. The van der Waals surface area contributed by atoms with Gasteiger partial charge in [-0.25, -0.2) is 0 Å². The van der Waals surface area contributed by atoms with E-state index >= 15 is 0 Å². The number of carbonyl (C=O) groups is 1. The predicted molar refractivity (Wildman–Crippen MR) is 71.6 cm³/mol.